The molecule has 0 N–H and O–H groups in total. The predicted octanol–water partition coefficient (Wildman–Crippen LogP) is 1.50. The van der Waals surface area contributed by atoms with Crippen molar-refractivity contribution in [1.82, 2.24) is 9.80 Å². The van der Waals surface area contributed by atoms with Crippen LogP contribution < -0.4 is 0 Å². The first kappa shape index (κ1) is 12.5. The number of carbonyl (C=O) groups is 1. The molecular weight excluding hydrogens is 216 g/mol. The third-order valence-corrected chi connectivity index (χ3v) is 3.65. The second-order valence-corrected chi connectivity index (χ2v) is 5.43. The molecule has 1 amide bonds. The molecule has 0 saturated carbocycles. The van der Waals surface area contributed by atoms with Crippen LogP contribution in [0.4, 0.5) is 0 Å². The molecule has 0 atom stereocenters. The fourth-order valence-electron chi connectivity index (χ4n) is 2.17. The van der Waals surface area contributed by atoms with Gasteiger partial charge in [0.25, 0.3) is 0 Å². The van der Waals surface area contributed by atoms with E-state index in [0.29, 0.717) is 12.5 Å². The summed E-state index contributed by atoms with van der Waals surface area (Å²) in [6.45, 7) is 10.1. The fourth-order valence-corrected chi connectivity index (χ4v) is 2.17. The van der Waals surface area contributed by atoms with E-state index in [9.17, 15) is 4.79 Å². The van der Waals surface area contributed by atoms with Crippen LogP contribution in [0, 0.1) is 0 Å². The van der Waals surface area contributed by atoms with Crippen LogP contribution in [-0.2, 0) is 4.79 Å². The molecule has 0 aromatic rings. The van der Waals surface area contributed by atoms with Gasteiger partial charge in [-0.2, -0.15) is 10.2 Å². The molecule has 0 unspecified atom stereocenters. The van der Waals surface area contributed by atoms with Gasteiger partial charge in [-0.15, -0.1) is 0 Å². The summed E-state index contributed by atoms with van der Waals surface area (Å²) in [6, 6.07) is 0.579. The topological polar surface area (TPSA) is 48.3 Å². The Hall–Kier alpha value is -0.970. The summed E-state index contributed by atoms with van der Waals surface area (Å²) in [5, 5.41) is 7.87. The highest BCUT2D eigenvalue weighted by Crippen LogP contribution is 2.32. The summed E-state index contributed by atoms with van der Waals surface area (Å²) in [5.74, 6) is 0.256. The first-order valence-corrected chi connectivity index (χ1v) is 6.46. The standard InChI is InChI=1S/C12H22N4O/c1-10(2)15-6-8-16(9-7-15)11(17)4-5-12(3)13-14-12/h10H,4-9H2,1-3H3. The number of rotatable bonds is 4. The lowest BCUT2D eigenvalue weighted by Crippen LogP contribution is -2.50. The van der Waals surface area contributed by atoms with Crippen molar-refractivity contribution >= 4 is 5.91 Å². The van der Waals surface area contributed by atoms with Crippen molar-refractivity contribution in [3.8, 4) is 0 Å². The first-order valence-electron chi connectivity index (χ1n) is 6.46. The van der Waals surface area contributed by atoms with Crippen molar-refractivity contribution in [2.45, 2.75) is 45.3 Å². The SMILES string of the molecule is CC(C)N1CCN(C(=O)CCC2(C)N=N2)CC1. The lowest BCUT2D eigenvalue weighted by Gasteiger charge is -2.37. The van der Waals surface area contributed by atoms with E-state index in [1.54, 1.807) is 0 Å². The molecule has 2 heterocycles. The average Bonchev–Trinajstić information content (AvgIpc) is 3.05. The van der Waals surface area contributed by atoms with Gasteiger partial charge >= 0.3 is 0 Å². The minimum atomic E-state index is -0.241. The Morgan fingerprint density at radius 2 is 1.82 bits per heavy atom. The third-order valence-electron chi connectivity index (χ3n) is 3.65. The van der Waals surface area contributed by atoms with E-state index >= 15 is 0 Å². The molecule has 0 aromatic heterocycles. The molecule has 0 bridgehead atoms. The maximum Gasteiger partial charge on any atom is 0.222 e. The van der Waals surface area contributed by atoms with E-state index in [4.69, 9.17) is 0 Å². The largest absolute Gasteiger partial charge is 0.340 e. The van der Waals surface area contributed by atoms with E-state index in [-0.39, 0.29) is 11.6 Å². The molecule has 2 rings (SSSR count). The van der Waals surface area contributed by atoms with E-state index in [0.717, 1.165) is 32.6 Å². The third kappa shape index (κ3) is 3.25. The summed E-state index contributed by atoms with van der Waals surface area (Å²) in [5.41, 5.74) is -0.241. The van der Waals surface area contributed by atoms with Gasteiger partial charge in [0.2, 0.25) is 5.91 Å². The van der Waals surface area contributed by atoms with Gasteiger partial charge in [0.1, 0.15) is 0 Å². The Bertz CT molecular complexity index is 312. The zero-order chi connectivity index (χ0) is 12.5. The number of piperazine rings is 1. The minimum absolute atomic E-state index is 0.241. The van der Waals surface area contributed by atoms with Crippen molar-refractivity contribution in [1.29, 1.82) is 0 Å². The maximum absolute atomic E-state index is 12.0. The van der Waals surface area contributed by atoms with Gasteiger partial charge in [-0.25, -0.2) is 0 Å². The Labute approximate surface area is 103 Å². The number of nitrogens with zero attached hydrogens (tertiary/aromatic N) is 4. The van der Waals surface area contributed by atoms with Gasteiger partial charge < -0.3 is 4.90 Å². The Kier molecular flexibility index (Phi) is 3.47. The quantitative estimate of drug-likeness (QED) is 0.745. The smallest absolute Gasteiger partial charge is 0.222 e. The molecule has 17 heavy (non-hydrogen) atoms. The van der Waals surface area contributed by atoms with Crippen LogP contribution >= 0.6 is 0 Å². The van der Waals surface area contributed by atoms with Crippen LogP contribution in [0.5, 0.6) is 0 Å². The zero-order valence-corrected chi connectivity index (χ0v) is 11.0. The molecular formula is C12H22N4O. The Morgan fingerprint density at radius 3 is 2.29 bits per heavy atom. The summed E-state index contributed by atoms with van der Waals surface area (Å²) < 4.78 is 0. The molecule has 0 radical (unpaired) electrons. The van der Waals surface area contributed by atoms with E-state index in [2.05, 4.69) is 29.0 Å². The number of amides is 1. The number of carbonyl (C=O) groups excluding carboxylic acids is 1. The molecule has 5 nitrogen and oxygen atoms in total. The van der Waals surface area contributed by atoms with E-state index < -0.39 is 0 Å². The monoisotopic (exact) mass is 238 g/mol. The molecule has 5 heteroatoms. The van der Waals surface area contributed by atoms with Crippen LogP contribution in [0.1, 0.15) is 33.6 Å². The van der Waals surface area contributed by atoms with Crippen LogP contribution in [0.2, 0.25) is 0 Å². The number of hydrogen-bond acceptors (Lipinski definition) is 4. The van der Waals surface area contributed by atoms with Gasteiger partial charge in [0, 0.05) is 45.1 Å². The summed E-state index contributed by atoms with van der Waals surface area (Å²) in [4.78, 5) is 16.4. The number of hydrogen-bond donors (Lipinski definition) is 0. The van der Waals surface area contributed by atoms with Gasteiger partial charge in [0.15, 0.2) is 5.66 Å². The Balaban J connectivity index is 1.70. The summed E-state index contributed by atoms with van der Waals surface area (Å²) >= 11 is 0. The van der Waals surface area contributed by atoms with Crippen molar-refractivity contribution in [3.63, 3.8) is 0 Å². The second kappa shape index (κ2) is 4.72. The van der Waals surface area contributed by atoms with Gasteiger partial charge in [0.05, 0.1) is 0 Å². The molecule has 0 aliphatic carbocycles. The lowest BCUT2D eigenvalue weighted by molar-refractivity contribution is -0.133. The second-order valence-electron chi connectivity index (χ2n) is 5.43. The van der Waals surface area contributed by atoms with Crippen molar-refractivity contribution < 1.29 is 4.79 Å². The van der Waals surface area contributed by atoms with Gasteiger partial charge in [-0.05, 0) is 20.8 Å². The zero-order valence-electron chi connectivity index (χ0n) is 11.0. The molecule has 0 spiro atoms. The van der Waals surface area contributed by atoms with Crippen LogP contribution in [0.15, 0.2) is 10.2 Å². The van der Waals surface area contributed by atoms with Crippen molar-refractivity contribution in [2.24, 2.45) is 10.2 Å². The average molecular weight is 238 g/mol. The summed E-state index contributed by atoms with van der Waals surface area (Å²) in [6.07, 6.45) is 1.33. The maximum atomic E-state index is 12.0. The highest BCUT2D eigenvalue weighted by atomic mass is 16.2. The van der Waals surface area contributed by atoms with Gasteiger partial charge in [-0.3, -0.25) is 9.69 Å². The molecule has 1 saturated heterocycles. The molecule has 0 aromatic carbocycles. The van der Waals surface area contributed by atoms with Crippen LogP contribution in [0.3, 0.4) is 0 Å². The highest BCUT2D eigenvalue weighted by molar-refractivity contribution is 5.76. The van der Waals surface area contributed by atoms with Crippen LogP contribution in [0.25, 0.3) is 0 Å². The molecule has 1 fully saturated rings. The van der Waals surface area contributed by atoms with Crippen molar-refractivity contribution in [2.75, 3.05) is 26.2 Å². The fraction of sp³-hybridized carbons (Fsp3) is 0.917. The first-order chi connectivity index (χ1) is 8.00. The normalized spacial score (nSPS) is 23.2. The van der Waals surface area contributed by atoms with Gasteiger partial charge in [-0.1, -0.05) is 0 Å². The van der Waals surface area contributed by atoms with E-state index in [1.165, 1.54) is 0 Å². The minimum Gasteiger partial charge on any atom is -0.340 e. The van der Waals surface area contributed by atoms with Crippen molar-refractivity contribution in [3.05, 3.63) is 0 Å². The summed E-state index contributed by atoms with van der Waals surface area (Å²) in [7, 11) is 0. The Morgan fingerprint density at radius 1 is 1.24 bits per heavy atom. The molecule has 2 aliphatic heterocycles. The predicted molar refractivity (Wildman–Crippen MR) is 65.8 cm³/mol. The van der Waals surface area contributed by atoms with E-state index in [1.807, 2.05) is 11.8 Å². The molecule has 2 aliphatic rings. The lowest BCUT2D eigenvalue weighted by atomic mass is 10.1. The highest BCUT2D eigenvalue weighted by Gasteiger charge is 2.34. The van der Waals surface area contributed by atoms with Crippen LogP contribution in [-0.4, -0.2) is 53.6 Å². The molecule has 96 valence electrons.